The lowest BCUT2D eigenvalue weighted by atomic mass is 10.1. The molecule has 4 aromatic heterocycles. The van der Waals surface area contributed by atoms with Crippen LogP contribution in [0.15, 0.2) is 82.1 Å². The highest BCUT2D eigenvalue weighted by molar-refractivity contribution is 6.33. The molecule has 6 rings (SSSR count). The van der Waals surface area contributed by atoms with Crippen LogP contribution in [0.1, 0.15) is 0 Å². The Morgan fingerprint density at radius 2 is 1.82 bits per heavy atom. The summed E-state index contributed by atoms with van der Waals surface area (Å²) in [5, 5.41) is 5.16. The van der Waals surface area contributed by atoms with E-state index in [-0.39, 0.29) is 10.6 Å². The molecule has 0 radical (unpaired) electrons. The summed E-state index contributed by atoms with van der Waals surface area (Å²) < 4.78 is 25.6. The molecule has 0 saturated heterocycles. The van der Waals surface area contributed by atoms with E-state index in [1.165, 1.54) is 6.07 Å². The van der Waals surface area contributed by atoms with Gasteiger partial charge in [0, 0.05) is 35.1 Å². The standard InChI is InChI=1S/C24H13ClFN5O2/c25-16-2-1-3-17(26)21(16)23-28-12-18(29-23)20-11-15-10-14(4-5-19(15)32-20)24-30-22(31-33-24)13-6-8-27-9-7-13/h1-12H,(H,28,29). The van der Waals surface area contributed by atoms with Crippen molar-refractivity contribution in [3.63, 3.8) is 0 Å². The number of hydrogen-bond acceptors (Lipinski definition) is 6. The molecule has 9 heteroatoms. The molecule has 0 bridgehead atoms. The number of aromatic nitrogens is 5. The predicted molar refractivity (Wildman–Crippen MR) is 121 cm³/mol. The number of pyridine rings is 1. The van der Waals surface area contributed by atoms with E-state index in [0.717, 1.165) is 16.5 Å². The van der Waals surface area contributed by atoms with Crippen LogP contribution in [-0.2, 0) is 0 Å². The summed E-state index contributed by atoms with van der Waals surface area (Å²) >= 11 is 6.15. The van der Waals surface area contributed by atoms with Gasteiger partial charge in [0.15, 0.2) is 5.76 Å². The minimum absolute atomic E-state index is 0.213. The average Bonchev–Trinajstić information content (AvgIpc) is 3.58. The van der Waals surface area contributed by atoms with E-state index in [9.17, 15) is 4.39 Å². The summed E-state index contributed by atoms with van der Waals surface area (Å²) in [6.07, 6.45) is 4.99. The van der Waals surface area contributed by atoms with Gasteiger partial charge in [0.1, 0.15) is 22.9 Å². The van der Waals surface area contributed by atoms with Gasteiger partial charge in [0.25, 0.3) is 5.89 Å². The second kappa shape index (κ2) is 7.68. The smallest absolute Gasteiger partial charge is 0.258 e. The Balaban J connectivity index is 1.34. The second-order valence-corrected chi connectivity index (χ2v) is 7.66. The number of rotatable bonds is 4. The van der Waals surface area contributed by atoms with Crippen molar-refractivity contribution in [2.75, 3.05) is 0 Å². The fourth-order valence-electron chi connectivity index (χ4n) is 3.56. The maximum Gasteiger partial charge on any atom is 0.258 e. The summed E-state index contributed by atoms with van der Waals surface area (Å²) in [5.74, 6) is 1.27. The van der Waals surface area contributed by atoms with Crippen LogP contribution in [0.25, 0.3) is 56.7 Å². The Bertz CT molecular complexity index is 1590. The summed E-state index contributed by atoms with van der Waals surface area (Å²) in [4.78, 5) is 15.9. The summed E-state index contributed by atoms with van der Waals surface area (Å²) in [6.45, 7) is 0. The van der Waals surface area contributed by atoms with E-state index < -0.39 is 5.82 Å². The van der Waals surface area contributed by atoms with Crippen LogP contribution in [0, 0.1) is 5.82 Å². The van der Waals surface area contributed by atoms with E-state index in [0.29, 0.717) is 34.6 Å². The highest BCUT2D eigenvalue weighted by Gasteiger charge is 2.17. The van der Waals surface area contributed by atoms with Crippen molar-refractivity contribution in [1.82, 2.24) is 25.1 Å². The van der Waals surface area contributed by atoms with E-state index in [4.69, 9.17) is 20.5 Å². The van der Waals surface area contributed by atoms with Crippen molar-refractivity contribution in [3.8, 4) is 45.7 Å². The third-order valence-corrected chi connectivity index (χ3v) is 5.47. The second-order valence-electron chi connectivity index (χ2n) is 7.25. The maximum absolute atomic E-state index is 14.2. The van der Waals surface area contributed by atoms with Gasteiger partial charge in [-0.15, -0.1) is 0 Å². The van der Waals surface area contributed by atoms with Crippen molar-refractivity contribution < 1.29 is 13.3 Å². The quantitative estimate of drug-likeness (QED) is 0.329. The van der Waals surface area contributed by atoms with Gasteiger partial charge in [0.05, 0.1) is 10.6 Å². The number of nitrogens with one attached hydrogen (secondary N) is 1. The molecule has 0 atom stereocenters. The molecule has 2 aromatic carbocycles. The Hall–Kier alpha value is -4.30. The number of furan rings is 1. The van der Waals surface area contributed by atoms with Crippen LogP contribution in [0.4, 0.5) is 4.39 Å². The zero-order valence-corrected chi connectivity index (χ0v) is 17.5. The highest BCUT2D eigenvalue weighted by atomic mass is 35.5. The zero-order valence-electron chi connectivity index (χ0n) is 16.8. The minimum Gasteiger partial charge on any atom is -0.454 e. The fourth-order valence-corrected chi connectivity index (χ4v) is 3.81. The lowest BCUT2D eigenvalue weighted by Gasteiger charge is -2.01. The van der Waals surface area contributed by atoms with Gasteiger partial charge >= 0.3 is 0 Å². The first-order valence-electron chi connectivity index (χ1n) is 9.94. The van der Waals surface area contributed by atoms with Crippen molar-refractivity contribution >= 4 is 22.6 Å². The molecule has 0 aliphatic rings. The number of hydrogen-bond donors (Lipinski definition) is 1. The van der Waals surface area contributed by atoms with Gasteiger partial charge < -0.3 is 13.9 Å². The number of H-pyrrole nitrogens is 1. The number of benzene rings is 2. The first-order valence-corrected chi connectivity index (χ1v) is 10.3. The molecule has 1 N–H and O–H groups in total. The molecule has 6 aromatic rings. The van der Waals surface area contributed by atoms with Gasteiger partial charge in [-0.2, -0.15) is 4.98 Å². The van der Waals surface area contributed by atoms with Gasteiger partial charge in [-0.05, 0) is 48.5 Å². The molecule has 7 nitrogen and oxygen atoms in total. The summed E-state index contributed by atoms with van der Waals surface area (Å²) in [7, 11) is 0. The van der Waals surface area contributed by atoms with Crippen LogP contribution in [0.5, 0.6) is 0 Å². The fraction of sp³-hybridized carbons (Fsp3) is 0. The van der Waals surface area contributed by atoms with Crippen molar-refractivity contribution in [2.24, 2.45) is 0 Å². The number of halogens is 2. The number of fused-ring (bicyclic) bond motifs is 1. The molecular weight excluding hydrogens is 445 g/mol. The van der Waals surface area contributed by atoms with Gasteiger partial charge in [0.2, 0.25) is 5.82 Å². The maximum atomic E-state index is 14.2. The third kappa shape index (κ3) is 3.46. The van der Waals surface area contributed by atoms with Crippen LogP contribution in [0.3, 0.4) is 0 Å². The van der Waals surface area contributed by atoms with Crippen LogP contribution >= 0.6 is 11.6 Å². The van der Waals surface area contributed by atoms with E-state index in [1.54, 1.807) is 30.7 Å². The molecule has 33 heavy (non-hydrogen) atoms. The monoisotopic (exact) mass is 457 g/mol. The Morgan fingerprint density at radius 3 is 2.67 bits per heavy atom. The van der Waals surface area contributed by atoms with Crippen LogP contribution in [0.2, 0.25) is 5.02 Å². The Kier molecular flexibility index (Phi) is 4.51. The lowest BCUT2D eigenvalue weighted by Crippen LogP contribution is -1.87. The molecule has 0 saturated carbocycles. The first-order chi connectivity index (χ1) is 16.2. The van der Waals surface area contributed by atoms with Gasteiger partial charge in [-0.3, -0.25) is 4.98 Å². The van der Waals surface area contributed by atoms with Crippen molar-refractivity contribution in [1.29, 1.82) is 0 Å². The molecular formula is C24H13ClFN5O2. The van der Waals surface area contributed by atoms with Crippen LogP contribution in [-0.4, -0.2) is 25.1 Å². The first kappa shape index (κ1) is 19.4. The van der Waals surface area contributed by atoms with E-state index >= 15 is 0 Å². The number of imidazole rings is 1. The molecule has 0 spiro atoms. The number of aromatic amines is 1. The molecule has 0 aliphatic carbocycles. The molecule has 0 fully saturated rings. The largest absolute Gasteiger partial charge is 0.454 e. The number of nitrogens with zero attached hydrogens (tertiary/aromatic N) is 4. The van der Waals surface area contributed by atoms with Gasteiger partial charge in [-0.1, -0.05) is 22.8 Å². The SMILES string of the molecule is Fc1cccc(Cl)c1-c1nc(-c2cc3cc(-c4nc(-c5ccncc5)no4)ccc3o2)c[nH]1. The zero-order chi connectivity index (χ0) is 22.4. The molecule has 0 aliphatic heterocycles. The minimum atomic E-state index is -0.455. The van der Waals surface area contributed by atoms with Crippen molar-refractivity contribution in [3.05, 3.63) is 84.0 Å². The van der Waals surface area contributed by atoms with E-state index in [2.05, 4.69) is 25.1 Å². The Morgan fingerprint density at radius 1 is 0.939 bits per heavy atom. The topological polar surface area (TPSA) is 93.6 Å². The lowest BCUT2D eigenvalue weighted by molar-refractivity contribution is 0.432. The normalized spacial score (nSPS) is 11.3. The highest BCUT2D eigenvalue weighted by Crippen LogP contribution is 2.33. The Labute approximate surface area is 190 Å². The predicted octanol–water partition coefficient (Wildman–Crippen LogP) is 6.39. The van der Waals surface area contributed by atoms with Crippen LogP contribution < -0.4 is 0 Å². The summed E-state index contributed by atoms with van der Waals surface area (Å²) in [5.41, 5.74) is 2.97. The average molecular weight is 458 g/mol. The third-order valence-electron chi connectivity index (χ3n) is 5.16. The summed E-state index contributed by atoms with van der Waals surface area (Å²) in [6, 6.07) is 15.5. The molecule has 4 heterocycles. The molecule has 0 amide bonds. The van der Waals surface area contributed by atoms with Crippen molar-refractivity contribution in [2.45, 2.75) is 0 Å². The van der Waals surface area contributed by atoms with E-state index in [1.807, 2.05) is 36.4 Å². The molecule has 160 valence electrons. The van der Waals surface area contributed by atoms with Gasteiger partial charge in [-0.25, -0.2) is 9.37 Å². The molecule has 0 unspecified atom stereocenters.